The second-order valence-electron chi connectivity index (χ2n) is 5.26. The summed E-state index contributed by atoms with van der Waals surface area (Å²) in [6.45, 7) is 3.56. The van der Waals surface area contributed by atoms with Gasteiger partial charge in [0.05, 0.1) is 12.7 Å². The van der Waals surface area contributed by atoms with Crippen molar-refractivity contribution in [3.8, 4) is 0 Å². The zero-order valence-electron chi connectivity index (χ0n) is 11.7. The molecule has 0 radical (unpaired) electrons. The SMILES string of the molecule is CN1CCOC(CNc2ccc(N)c3cnccc23)C1. The topological polar surface area (TPSA) is 63.4 Å². The van der Waals surface area contributed by atoms with Crippen LogP contribution in [-0.4, -0.2) is 49.3 Å². The first-order chi connectivity index (χ1) is 9.74. The summed E-state index contributed by atoms with van der Waals surface area (Å²) in [5.74, 6) is 0. The molecule has 1 aliphatic heterocycles. The van der Waals surface area contributed by atoms with E-state index in [1.54, 1.807) is 12.4 Å². The average Bonchev–Trinajstić information content (AvgIpc) is 2.47. The van der Waals surface area contributed by atoms with Crippen LogP contribution in [0.15, 0.2) is 30.6 Å². The summed E-state index contributed by atoms with van der Waals surface area (Å²) < 4.78 is 5.76. The van der Waals surface area contributed by atoms with Crippen molar-refractivity contribution in [1.29, 1.82) is 0 Å². The number of nitrogen functional groups attached to an aromatic ring is 1. The summed E-state index contributed by atoms with van der Waals surface area (Å²) in [4.78, 5) is 6.43. The van der Waals surface area contributed by atoms with E-state index in [2.05, 4.69) is 22.2 Å². The fourth-order valence-corrected chi connectivity index (χ4v) is 2.58. The smallest absolute Gasteiger partial charge is 0.0874 e. The van der Waals surface area contributed by atoms with Crippen LogP contribution in [0.5, 0.6) is 0 Å². The molecule has 0 spiro atoms. The van der Waals surface area contributed by atoms with Crippen LogP contribution < -0.4 is 11.1 Å². The number of nitrogens with zero attached hydrogens (tertiary/aromatic N) is 2. The van der Waals surface area contributed by atoms with Gasteiger partial charge in [0.1, 0.15) is 0 Å². The molecule has 1 atom stereocenters. The lowest BCUT2D eigenvalue weighted by Gasteiger charge is -2.30. The van der Waals surface area contributed by atoms with Gasteiger partial charge in [-0.15, -0.1) is 0 Å². The van der Waals surface area contributed by atoms with Gasteiger partial charge >= 0.3 is 0 Å². The van der Waals surface area contributed by atoms with E-state index >= 15 is 0 Å². The Labute approximate surface area is 118 Å². The second kappa shape index (κ2) is 5.64. The molecule has 2 heterocycles. The van der Waals surface area contributed by atoms with Crippen LogP contribution in [0.25, 0.3) is 10.8 Å². The van der Waals surface area contributed by atoms with Crippen molar-refractivity contribution < 1.29 is 4.74 Å². The molecule has 0 bridgehead atoms. The second-order valence-corrected chi connectivity index (χ2v) is 5.26. The molecule has 0 amide bonds. The number of fused-ring (bicyclic) bond motifs is 1. The Morgan fingerprint density at radius 3 is 3.15 bits per heavy atom. The Morgan fingerprint density at radius 2 is 2.30 bits per heavy atom. The number of morpholine rings is 1. The molecular formula is C15H20N4O. The summed E-state index contributed by atoms with van der Waals surface area (Å²) in [5.41, 5.74) is 7.82. The first-order valence-corrected chi connectivity index (χ1v) is 6.90. The van der Waals surface area contributed by atoms with Crippen molar-refractivity contribution in [2.24, 2.45) is 0 Å². The van der Waals surface area contributed by atoms with Crippen LogP contribution >= 0.6 is 0 Å². The number of hydrogen-bond acceptors (Lipinski definition) is 5. The molecule has 1 aromatic heterocycles. The molecule has 1 aromatic carbocycles. The molecule has 5 nitrogen and oxygen atoms in total. The number of nitrogens with one attached hydrogen (secondary N) is 1. The predicted molar refractivity (Wildman–Crippen MR) is 81.9 cm³/mol. The minimum Gasteiger partial charge on any atom is -0.398 e. The maximum Gasteiger partial charge on any atom is 0.0874 e. The zero-order chi connectivity index (χ0) is 13.9. The van der Waals surface area contributed by atoms with Crippen LogP contribution in [0.3, 0.4) is 0 Å². The van der Waals surface area contributed by atoms with E-state index in [9.17, 15) is 0 Å². The number of benzene rings is 1. The average molecular weight is 272 g/mol. The maximum atomic E-state index is 5.98. The molecule has 0 saturated carbocycles. The maximum absolute atomic E-state index is 5.98. The molecule has 106 valence electrons. The molecule has 1 unspecified atom stereocenters. The molecule has 1 fully saturated rings. The third kappa shape index (κ3) is 2.69. The Morgan fingerprint density at radius 1 is 1.40 bits per heavy atom. The first-order valence-electron chi connectivity index (χ1n) is 6.90. The summed E-state index contributed by atoms with van der Waals surface area (Å²) >= 11 is 0. The van der Waals surface area contributed by atoms with Gasteiger partial charge in [0.15, 0.2) is 0 Å². The standard InChI is InChI=1S/C15H20N4O/c1-19-6-7-20-11(10-19)8-18-15-3-2-14(16)13-9-17-5-4-12(13)15/h2-5,9,11,18H,6-8,10,16H2,1H3. The van der Waals surface area contributed by atoms with E-state index in [4.69, 9.17) is 10.5 Å². The van der Waals surface area contributed by atoms with Gasteiger partial charge in [0, 0.05) is 54.2 Å². The highest BCUT2D eigenvalue weighted by atomic mass is 16.5. The van der Waals surface area contributed by atoms with Crippen molar-refractivity contribution in [2.45, 2.75) is 6.10 Å². The highest BCUT2D eigenvalue weighted by Crippen LogP contribution is 2.27. The zero-order valence-corrected chi connectivity index (χ0v) is 11.7. The Bertz CT molecular complexity index is 601. The summed E-state index contributed by atoms with van der Waals surface area (Å²) in [6, 6.07) is 5.92. The lowest BCUT2D eigenvalue weighted by Crippen LogP contribution is -2.43. The fourth-order valence-electron chi connectivity index (χ4n) is 2.58. The van der Waals surface area contributed by atoms with Gasteiger partial charge in [-0.05, 0) is 25.2 Å². The van der Waals surface area contributed by atoms with E-state index < -0.39 is 0 Å². The van der Waals surface area contributed by atoms with Gasteiger partial charge in [0.2, 0.25) is 0 Å². The lowest BCUT2D eigenvalue weighted by atomic mass is 10.1. The van der Waals surface area contributed by atoms with Gasteiger partial charge in [-0.1, -0.05) is 0 Å². The summed E-state index contributed by atoms with van der Waals surface area (Å²) in [6.07, 6.45) is 3.82. The number of likely N-dealkylation sites (N-methyl/N-ethyl adjacent to an activating group) is 1. The van der Waals surface area contributed by atoms with E-state index in [-0.39, 0.29) is 6.10 Å². The van der Waals surface area contributed by atoms with E-state index in [1.165, 1.54) is 0 Å². The minimum absolute atomic E-state index is 0.225. The van der Waals surface area contributed by atoms with Crippen LogP contribution in [0.4, 0.5) is 11.4 Å². The number of aromatic nitrogens is 1. The van der Waals surface area contributed by atoms with Crippen LogP contribution in [0, 0.1) is 0 Å². The normalized spacial score (nSPS) is 20.1. The van der Waals surface area contributed by atoms with Gasteiger partial charge in [0.25, 0.3) is 0 Å². The number of hydrogen-bond donors (Lipinski definition) is 2. The quantitative estimate of drug-likeness (QED) is 0.830. The third-order valence-corrected chi connectivity index (χ3v) is 3.71. The van der Waals surface area contributed by atoms with E-state index in [0.717, 1.165) is 48.4 Å². The first kappa shape index (κ1) is 13.1. The number of rotatable bonds is 3. The molecule has 3 N–H and O–H groups in total. The molecular weight excluding hydrogens is 252 g/mol. The van der Waals surface area contributed by atoms with Crippen molar-refractivity contribution in [3.05, 3.63) is 30.6 Å². The predicted octanol–water partition coefficient (Wildman–Crippen LogP) is 1.56. The monoisotopic (exact) mass is 272 g/mol. The lowest BCUT2D eigenvalue weighted by molar-refractivity contribution is -0.0117. The van der Waals surface area contributed by atoms with Crippen LogP contribution in [0.1, 0.15) is 0 Å². The van der Waals surface area contributed by atoms with Crippen LogP contribution in [-0.2, 0) is 4.74 Å². The largest absolute Gasteiger partial charge is 0.398 e. The van der Waals surface area contributed by atoms with Crippen molar-refractivity contribution >= 4 is 22.1 Å². The van der Waals surface area contributed by atoms with E-state index in [1.807, 2.05) is 18.2 Å². The Kier molecular flexibility index (Phi) is 3.71. The number of ether oxygens (including phenoxy) is 1. The Hall–Kier alpha value is -1.85. The summed E-state index contributed by atoms with van der Waals surface area (Å²) in [5, 5.41) is 5.56. The van der Waals surface area contributed by atoms with Gasteiger partial charge in [-0.3, -0.25) is 4.98 Å². The molecule has 0 aliphatic carbocycles. The number of anilines is 2. The highest BCUT2D eigenvalue weighted by Gasteiger charge is 2.17. The van der Waals surface area contributed by atoms with Crippen molar-refractivity contribution in [1.82, 2.24) is 9.88 Å². The third-order valence-electron chi connectivity index (χ3n) is 3.71. The Balaban J connectivity index is 1.76. The van der Waals surface area contributed by atoms with E-state index in [0.29, 0.717) is 0 Å². The molecule has 20 heavy (non-hydrogen) atoms. The van der Waals surface area contributed by atoms with Crippen molar-refractivity contribution in [3.63, 3.8) is 0 Å². The van der Waals surface area contributed by atoms with Crippen LogP contribution in [0.2, 0.25) is 0 Å². The fraction of sp³-hybridized carbons (Fsp3) is 0.400. The van der Waals surface area contributed by atoms with Gasteiger partial charge < -0.3 is 20.7 Å². The molecule has 5 heteroatoms. The van der Waals surface area contributed by atoms with Gasteiger partial charge in [-0.2, -0.15) is 0 Å². The molecule has 1 saturated heterocycles. The number of nitrogens with two attached hydrogens (primary N) is 1. The molecule has 1 aliphatic rings. The van der Waals surface area contributed by atoms with Gasteiger partial charge in [-0.25, -0.2) is 0 Å². The minimum atomic E-state index is 0.225. The molecule has 3 rings (SSSR count). The highest BCUT2D eigenvalue weighted by molar-refractivity contribution is 6.00. The molecule has 2 aromatic rings. The number of pyridine rings is 1. The van der Waals surface area contributed by atoms with Crippen molar-refractivity contribution in [2.75, 3.05) is 44.3 Å². The summed E-state index contributed by atoms with van der Waals surface area (Å²) in [7, 11) is 2.12.